The maximum atomic E-state index is 13.0. The summed E-state index contributed by atoms with van der Waals surface area (Å²) >= 11 is 3.15. The minimum atomic E-state index is -0.313. The first kappa shape index (κ1) is 12.1. The van der Waals surface area contributed by atoms with Gasteiger partial charge in [-0.05, 0) is 57.8 Å². The molecule has 1 aliphatic carbocycles. The Hall–Kier alpha value is -0.410. The zero-order chi connectivity index (χ0) is 11.9. The number of aliphatic hydroxyl groups is 1. The van der Waals surface area contributed by atoms with Gasteiger partial charge in [0.1, 0.15) is 5.82 Å². The summed E-state index contributed by atoms with van der Waals surface area (Å²) in [4.78, 5) is 0. The second-order valence-electron chi connectivity index (χ2n) is 5.32. The molecular weight excluding hydrogens is 271 g/mol. The van der Waals surface area contributed by atoms with Gasteiger partial charge in [-0.1, -0.05) is 19.9 Å². The second kappa shape index (κ2) is 4.11. The molecule has 0 aromatic heterocycles. The normalized spacial score (nSPS) is 24.2. The van der Waals surface area contributed by atoms with Crippen LogP contribution >= 0.6 is 15.9 Å². The van der Waals surface area contributed by atoms with Gasteiger partial charge < -0.3 is 5.11 Å². The largest absolute Gasteiger partial charge is 0.392 e. The molecule has 3 heteroatoms. The van der Waals surface area contributed by atoms with Crippen molar-refractivity contribution < 1.29 is 9.50 Å². The Morgan fingerprint density at radius 2 is 2.19 bits per heavy atom. The molecule has 0 amide bonds. The van der Waals surface area contributed by atoms with E-state index in [-0.39, 0.29) is 17.3 Å². The van der Waals surface area contributed by atoms with Crippen molar-refractivity contribution in [3.63, 3.8) is 0 Å². The maximum Gasteiger partial charge on any atom is 0.137 e. The summed E-state index contributed by atoms with van der Waals surface area (Å²) in [7, 11) is 0. The first-order valence-electron chi connectivity index (χ1n) is 5.52. The molecule has 88 valence electrons. The Kier molecular flexibility index (Phi) is 3.10. The lowest BCUT2D eigenvalue weighted by molar-refractivity contribution is 0.137. The molecule has 1 aliphatic rings. The summed E-state index contributed by atoms with van der Waals surface area (Å²) in [5, 5.41) is 10.0. The Morgan fingerprint density at radius 1 is 1.56 bits per heavy atom. The van der Waals surface area contributed by atoms with Crippen molar-refractivity contribution in [2.24, 2.45) is 11.3 Å². The Morgan fingerprint density at radius 3 is 2.69 bits per heavy atom. The molecule has 0 heterocycles. The van der Waals surface area contributed by atoms with E-state index in [1.54, 1.807) is 12.1 Å². The van der Waals surface area contributed by atoms with Crippen LogP contribution in [0, 0.1) is 17.2 Å². The molecule has 16 heavy (non-hydrogen) atoms. The molecule has 1 nitrogen and oxygen atoms in total. The fraction of sp³-hybridized carbons (Fsp3) is 0.538. The fourth-order valence-corrected chi connectivity index (χ4v) is 2.64. The van der Waals surface area contributed by atoms with E-state index in [1.165, 1.54) is 6.07 Å². The molecule has 0 radical (unpaired) electrons. The number of halogens is 2. The van der Waals surface area contributed by atoms with Crippen molar-refractivity contribution in [1.82, 2.24) is 0 Å². The second-order valence-corrected chi connectivity index (χ2v) is 6.17. The molecule has 1 fully saturated rings. The van der Waals surface area contributed by atoms with E-state index in [2.05, 4.69) is 29.8 Å². The van der Waals surface area contributed by atoms with E-state index >= 15 is 0 Å². The monoisotopic (exact) mass is 286 g/mol. The van der Waals surface area contributed by atoms with Crippen LogP contribution in [0.4, 0.5) is 4.39 Å². The number of hydrogen-bond acceptors (Lipinski definition) is 1. The van der Waals surface area contributed by atoms with E-state index in [0.717, 1.165) is 12.0 Å². The lowest BCUT2D eigenvalue weighted by Gasteiger charge is -2.12. The molecule has 1 aromatic rings. The highest BCUT2D eigenvalue weighted by Gasteiger charge is 2.49. The summed E-state index contributed by atoms with van der Waals surface area (Å²) in [6, 6.07) is 4.91. The highest BCUT2D eigenvalue weighted by atomic mass is 79.9. The summed E-state index contributed by atoms with van der Waals surface area (Å²) in [6.45, 7) is 4.34. The van der Waals surface area contributed by atoms with Gasteiger partial charge in [0, 0.05) is 0 Å². The van der Waals surface area contributed by atoms with Crippen molar-refractivity contribution in [3.8, 4) is 0 Å². The number of hydrogen-bond donors (Lipinski definition) is 1. The minimum absolute atomic E-state index is 0.259. The summed E-state index contributed by atoms with van der Waals surface area (Å²) < 4.78 is 13.5. The van der Waals surface area contributed by atoms with Crippen LogP contribution in [0.15, 0.2) is 22.7 Å². The standard InChI is InChI=1S/C13H16BrFO/c1-13(2)7-9(13)12(16)6-8-3-4-11(15)10(14)5-8/h3-5,9,12,16H,6-7H2,1-2H3. The van der Waals surface area contributed by atoms with E-state index in [9.17, 15) is 9.50 Å². The van der Waals surface area contributed by atoms with Crippen LogP contribution in [0.5, 0.6) is 0 Å². The zero-order valence-corrected chi connectivity index (χ0v) is 11.1. The van der Waals surface area contributed by atoms with Crippen LogP contribution < -0.4 is 0 Å². The number of benzene rings is 1. The topological polar surface area (TPSA) is 20.2 Å². The Bertz CT molecular complexity index is 403. The Balaban J connectivity index is 2.02. The number of aliphatic hydroxyl groups excluding tert-OH is 1. The van der Waals surface area contributed by atoms with Gasteiger partial charge in [0.2, 0.25) is 0 Å². The van der Waals surface area contributed by atoms with Crippen LogP contribution in [-0.2, 0) is 6.42 Å². The number of rotatable bonds is 3. The van der Waals surface area contributed by atoms with Gasteiger partial charge >= 0.3 is 0 Å². The van der Waals surface area contributed by atoms with Gasteiger partial charge in [-0.25, -0.2) is 4.39 Å². The zero-order valence-electron chi connectivity index (χ0n) is 9.50. The molecule has 2 atom stereocenters. The molecule has 0 saturated heterocycles. The Labute approximate surface area is 104 Å². The molecular formula is C13H16BrFO. The molecule has 2 rings (SSSR count). The van der Waals surface area contributed by atoms with Crippen molar-refractivity contribution in [3.05, 3.63) is 34.1 Å². The van der Waals surface area contributed by atoms with Gasteiger partial charge in [-0.2, -0.15) is 0 Å². The van der Waals surface area contributed by atoms with Crippen molar-refractivity contribution in [1.29, 1.82) is 0 Å². The first-order valence-corrected chi connectivity index (χ1v) is 6.31. The lowest BCUT2D eigenvalue weighted by Crippen LogP contribution is -2.16. The molecule has 0 aliphatic heterocycles. The molecule has 0 bridgehead atoms. The quantitative estimate of drug-likeness (QED) is 0.901. The average molecular weight is 287 g/mol. The van der Waals surface area contributed by atoms with Crippen LogP contribution in [-0.4, -0.2) is 11.2 Å². The average Bonchev–Trinajstić information content (AvgIpc) is 2.82. The predicted molar refractivity (Wildman–Crippen MR) is 65.7 cm³/mol. The van der Waals surface area contributed by atoms with E-state index in [1.807, 2.05) is 0 Å². The van der Waals surface area contributed by atoms with Crippen molar-refractivity contribution >= 4 is 15.9 Å². The highest BCUT2D eigenvalue weighted by molar-refractivity contribution is 9.10. The van der Waals surface area contributed by atoms with Gasteiger partial charge in [0.15, 0.2) is 0 Å². The predicted octanol–water partition coefficient (Wildman–Crippen LogP) is 3.54. The third-order valence-electron chi connectivity index (χ3n) is 3.48. The third kappa shape index (κ3) is 2.46. The summed E-state index contributed by atoms with van der Waals surface area (Å²) in [5.41, 5.74) is 1.25. The molecule has 1 saturated carbocycles. The van der Waals surface area contributed by atoms with Crippen LogP contribution in [0.1, 0.15) is 25.8 Å². The van der Waals surface area contributed by atoms with Gasteiger partial charge in [-0.15, -0.1) is 0 Å². The third-order valence-corrected chi connectivity index (χ3v) is 4.09. The highest BCUT2D eigenvalue weighted by Crippen LogP contribution is 2.54. The van der Waals surface area contributed by atoms with Gasteiger partial charge in [0.05, 0.1) is 10.6 Å². The summed E-state index contributed by atoms with van der Waals surface area (Å²) in [5.74, 6) is 0.126. The fourth-order valence-electron chi connectivity index (χ4n) is 2.22. The van der Waals surface area contributed by atoms with E-state index in [4.69, 9.17) is 0 Å². The van der Waals surface area contributed by atoms with Gasteiger partial charge in [0.25, 0.3) is 0 Å². The van der Waals surface area contributed by atoms with Crippen molar-refractivity contribution in [2.75, 3.05) is 0 Å². The molecule has 1 aromatic carbocycles. The minimum Gasteiger partial charge on any atom is -0.392 e. The maximum absolute atomic E-state index is 13.0. The molecule has 0 spiro atoms. The van der Waals surface area contributed by atoms with E-state index in [0.29, 0.717) is 16.8 Å². The van der Waals surface area contributed by atoms with Gasteiger partial charge in [-0.3, -0.25) is 0 Å². The first-order chi connectivity index (χ1) is 7.40. The SMILES string of the molecule is CC1(C)CC1C(O)Cc1ccc(F)c(Br)c1. The molecule has 1 N–H and O–H groups in total. The molecule has 2 unspecified atom stereocenters. The van der Waals surface area contributed by atoms with Crippen LogP contribution in [0.3, 0.4) is 0 Å². The van der Waals surface area contributed by atoms with Crippen LogP contribution in [0.25, 0.3) is 0 Å². The van der Waals surface area contributed by atoms with Crippen molar-refractivity contribution in [2.45, 2.75) is 32.8 Å². The van der Waals surface area contributed by atoms with Crippen LogP contribution in [0.2, 0.25) is 0 Å². The lowest BCUT2D eigenvalue weighted by atomic mass is 10.00. The van der Waals surface area contributed by atoms with E-state index < -0.39 is 0 Å². The summed E-state index contributed by atoms with van der Waals surface area (Å²) in [6.07, 6.45) is 1.37. The smallest absolute Gasteiger partial charge is 0.137 e.